The Morgan fingerprint density at radius 1 is 1.31 bits per heavy atom. The van der Waals surface area contributed by atoms with Crippen molar-refractivity contribution in [2.45, 2.75) is 45.4 Å². The van der Waals surface area contributed by atoms with E-state index in [1.54, 1.807) is 0 Å². The second kappa shape index (κ2) is 6.36. The summed E-state index contributed by atoms with van der Waals surface area (Å²) in [6.07, 6.45) is 1.23. The third kappa shape index (κ3) is 4.22. The van der Waals surface area contributed by atoms with Crippen LogP contribution >= 0.6 is 11.8 Å². The van der Waals surface area contributed by atoms with E-state index in [1.165, 1.54) is 6.42 Å². The number of thioether (sulfide) groups is 1. The van der Waals surface area contributed by atoms with E-state index in [1.807, 2.05) is 37.7 Å². The molecular formula is C13H23NOS. The van der Waals surface area contributed by atoms with Gasteiger partial charge in [-0.1, -0.05) is 13.8 Å². The summed E-state index contributed by atoms with van der Waals surface area (Å²) >= 11 is 1.91. The fourth-order valence-corrected chi connectivity index (χ4v) is 2.99. The molecule has 0 saturated heterocycles. The fraction of sp³-hybridized carbons (Fsp3) is 0.692. The molecule has 0 saturated carbocycles. The van der Waals surface area contributed by atoms with Crippen LogP contribution < -0.4 is 5.73 Å². The average molecular weight is 241 g/mol. The molecule has 1 aromatic heterocycles. The van der Waals surface area contributed by atoms with Gasteiger partial charge in [0.25, 0.3) is 0 Å². The molecule has 2 unspecified atom stereocenters. The molecule has 3 heteroatoms. The van der Waals surface area contributed by atoms with E-state index in [2.05, 4.69) is 13.8 Å². The molecule has 2 atom stereocenters. The number of rotatable bonds is 6. The van der Waals surface area contributed by atoms with Gasteiger partial charge in [0, 0.05) is 6.04 Å². The van der Waals surface area contributed by atoms with Crippen molar-refractivity contribution < 1.29 is 4.42 Å². The predicted octanol–water partition coefficient (Wildman–Crippen LogP) is 3.76. The molecule has 1 aromatic rings. The molecule has 0 aliphatic heterocycles. The van der Waals surface area contributed by atoms with Crippen molar-refractivity contribution in [1.82, 2.24) is 0 Å². The quantitative estimate of drug-likeness (QED) is 0.824. The van der Waals surface area contributed by atoms with Gasteiger partial charge in [0.2, 0.25) is 0 Å². The molecule has 0 spiro atoms. The van der Waals surface area contributed by atoms with Crippen molar-refractivity contribution >= 4 is 11.8 Å². The average Bonchev–Trinajstić information content (AvgIpc) is 2.58. The lowest BCUT2D eigenvalue weighted by atomic mass is 10.2. The van der Waals surface area contributed by atoms with Gasteiger partial charge < -0.3 is 10.2 Å². The maximum absolute atomic E-state index is 6.01. The lowest BCUT2D eigenvalue weighted by Crippen LogP contribution is -2.22. The zero-order valence-electron chi connectivity index (χ0n) is 10.7. The van der Waals surface area contributed by atoms with E-state index in [0.717, 1.165) is 23.2 Å². The zero-order chi connectivity index (χ0) is 12.1. The van der Waals surface area contributed by atoms with Crippen LogP contribution in [0.1, 0.15) is 44.0 Å². The maximum Gasteiger partial charge on any atom is 0.118 e. The monoisotopic (exact) mass is 241 g/mol. The minimum Gasteiger partial charge on any atom is -0.465 e. The van der Waals surface area contributed by atoms with Gasteiger partial charge in [-0.2, -0.15) is 0 Å². The molecule has 16 heavy (non-hydrogen) atoms. The normalized spacial score (nSPS) is 15.4. The van der Waals surface area contributed by atoms with Crippen LogP contribution in [0.4, 0.5) is 0 Å². The van der Waals surface area contributed by atoms with Gasteiger partial charge in [0.05, 0.1) is 5.25 Å². The maximum atomic E-state index is 6.01. The number of nitrogens with two attached hydrogens (primary N) is 1. The Bertz CT molecular complexity index is 307. The van der Waals surface area contributed by atoms with Gasteiger partial charge in [-0.3, -0.25) is 0 Å². The summed E-state index contributed by atoms with van der Waals surface area (Å²) < 4.78 is 5.66. The molecule has 0 aromatic carbocycles. The van der Waals surface area contributed by atoms with Gasteiger partial charge in [-0.05, 0) is 44.1 Å². The van der Waals surface area contributed by atoms with Gasteiger partial charge in [0.15, 0.2) is 0 Å². The van der Waals surface area contributed by atoms with Crippen molar-refractivity contribution in [3.8, 4) is 0 Å². The Hall–Kier alpha value is -0.410. The topological polar surface area (TPSA) is 39.2 Å². The highest BCUT2D eigenvalue weighted by Gasteiger charge is 2.19. The SMILES string of the molecule is Cc1ccc(C(SCCC(C)C)C(C)N)o1. The van der Waals surface area contributed by atoms with Crippen LogP contribution in [-0.2, 0) is 0 Å². The molecular weight excluding hydrogens is 218 g/mol. The Morgan fingerprint density at radius 2 is 2.00 bits per heavy atom. The van der Waals surface area contributed by atoms with Crippen LogP contribution in [0.15, 0.2) is 16.5 Å². The molecule has 0 aliphatic rings. The van der Waals surface area contributed by atoms with Gasteiger partial charge in [0.1, 0.15) is 11.5 Å². The second-order valence-electron chi connectivity index (χ2n) is 4.78. The Balaban J connectivity index is 2.55. The second-order valence-corrected chi connectivity index (χ2v) is 6.03. The van der Waals surface area contributed by atoms with Crippen LogP contribution in [0.3, 0.4) is 0 Å². The van der Waals surface area contributed by atoms with Crippen LogP contribution in [0.2, 0.25) is 0 Å². The van der Waals surface area contributed by atoms with Crippen molar-refractivity contribution in [3.05, 3.63) is 23.7 Å². The summed E-state index contributed by atoms with van der Waals surface area (Å²) in [4.78, 5) is 0. The van der Waals surface area contributed by atoms with Gasteiger partial charge in [-0.15, -0.1) is 11.8 Å². The predicted molar refractivity (Wildman–Crippen MR) is 71.7 cm³/mol. The highest BCUT2D eigenvalue weighted by molar-refractivity contribution is 7.99. The molecule has 2 nitrogen and oxygen atoms in total. The van der Waals surface area contributed by atoms with E-state index in [-0.39, 0.29) is 11.3 Å². The first-order valence-corrected chi connectivity index (χ1v) is 6.99. The Morgan fingerprint density at radius 3 is 2.44 bits per heavy atom. The van der Waals surface area contributed by atoms with E-state index in [0.29, 0.717) is 0 Å². The summed E-state index contributed by atoms with van der Waals surface area (Å²) in [6.45, 7) is 8.52. The number of furan rings is 1. The summed E-state index contributed by atoms with van der Waals surface area (Å²) in [5.74, 6) is 3.87. The lowest BCUT2D eigenvalue weighted by molar-refractivity contribution is 0.464. The third-order valence-electron chi connectivity index (χ3n) is 2.51. The van der Waals surface area contributed by atoms with E-state index < -0.39 is 0 Å². The standard InChI is InChI=1S/C13H23NOS/c1-9(2)7-8-16-13(11(4)14)12-6-5-10(3)15-12/h5-6,9,11,13H,7-8,14H2,1-4H3. The van der Waals surface area contributed by atoms with Crippen LogP contribution in [-0.4, -0.2) is 11.8 Å². The first-order valence-electron chi connectivity index (χ1n) is 5.94. The van der Waals surface area contributed by atoms with Crippen molar-refractivity contribution in [1.29, 1.82) is 0 Å². The molecule has 0 bridgehead atoms. The van der Waals surface area contributed by atoms with Gasteiger partial charge >= 0.3 is 0 Å². The van der Waals surface area contributed by atoms with Crippen molar-refractivity contribution in [3.63, 3.8) is 0 Å². The van der Waals surface area contributed by atoms with Crippen LogP contribution in [0.5, 0.6) is 0 Å². The third-order valence-corrected chi connectivity index (χ3v) is 4.00. The van der Waals surface area contributed by atoms with E-state index >= 15 is 0 Å². The molecule has 92 valence electrons. The number of hydrogen-bond donors (Lipinski definition) is 1. The smallest absolute Gasteiger partial charge is 0.118 e. The molecule has 0 radical (unpaired) electrons. The zero-order valence-corrected chi connectivity index (χ0v) is 11.5. The summed E-state index contributed by atoms with van der Waals surface area (Å²) in [7, 11) is 0. The number of hydrogen-bond acceptors (Lipinski definition) is 3. The summed E-state index contributed by atoms with van der Waals surface area (Å²) in [5.41, 5.74) is 6.01. The van der Waals surface area contributed by atoms with E-state index in [4.69, 9.17) is 10.2 Å². The fourth-order valence-electron chi connectivity index (χ4n) is 1.53. The minimum atomic E-state index is 0.128. The highest BCUT2D eigenvalue weighted by Crippen LogP contribution is 2.33. The van der Waals surface area contributed by atoms with Crippen molar-refractivity contribution in [2.75, 3.05) is 5.75 Å². The Kier molecular flexibility index (Phi) is 5.42. The van der Waals surface area contributed by atoms with Gasteiger partial charge in [-0.25, -0.2) is 0 Å². The summed E-state index contributed by atoms with van der Waals surface area (Å²) in [6, 6.07) is 4.18. The molecule has 0 amide bonds. The van der Waals surface area contributed by atoms with E-state index in [9.17, 15) is 0 Å². The first-order chi connectivity index (χ1) is 7.50. The summed E-state index contributed by atoms with van der Waals surface area (Å²) in [5, 5.41) is 0.285. The largest absolute Gasteiger partial charge is 0.465 e. The van der Waals surface area contributed by atoms with Crippen LogP contribution in [0, 0.1) is 12.8 Å². The first kappa shape index (κ1) is 13.7. The minimum absolute atomic E-state index is 0.128. The molecule has 0 aliphatic carbocycles. The van der Waals surface area contributed by atoms with Crippen LogP contribution in [0.25, 0.3) is 0 Å². The van der Waals surface area contributed by atoms with Crippen molar-refractivity contribution in [2.24, 2.45) is 11.7 Å². The lowest BCUT2D eigenvalue weighted by Gasteiger charge is -2.18. The molecule has 1 rings (SSSR count). The molecule has 0 fully saturated rings. The molecule has 1 heterocycles. The highest BCUT2D eigenvalue weighted by atomic mass is 32.2. The number of aryl methyl sites for hydroxylation is 1. The molecule has 2 N–H and O–H groups in total. The Labute approximate surface area is 103 Å².